The molecule has 2 aliphatic rings. The van der Waals surface area contributed by atoms with E-state index in [1.807, 2.05) is 30.3 Å². The number of aliphatic imine (C=N–C) groups is 2. The second-order valence-corrected chi connectivity index (χ2v) is 7.14. The zero-order chi connectivity index (χ0) is 20.4. The number of rotatable bonds is 4. The van der Waals surface area contributed by atoms with Gasteiger partial charge in [-0.15, -0.1) is 0 Å². The molecule has 0 spiro atoms. The summed E-state index contributed by atoms with van der Waals surface area (Å²) in [7, 11) is 3.31. The highest BCUT2D eigenvalue weighted by Crippen LogP contribution is 2.37. The van der Waals surface area contributed by atoms with Crippen LogP contribution in [-0.2, 0) is 0 Å². The topological polar surface area (TPSA) is 81.8 Å². The van der Waals surface area contributed by atoms with Crippen molar-refractivity contribution in [1.29, 1.82) is 5.26 Å². The van der Waals surface area contributed by atoms with Gasteiger partial charge in [-0.25, -0.2) is 4.99 Å². The Balaban J connectivity index is 1.66. The van der Waals surface area contributed by atoms with Crippen LogP contribution in [0.1, 0.15) is 23.5 Å². The lowest BCUT2D eigenvalue weighted by atomic mass is 9.92. The van der Waals surface area contributed by atoms with Crippen molar-refractivity contribution < 1.29 is 4.74 Å². The number of hydrogen-bond acceptors (Lipinski definition) is 5. The van der Waals surface area contributed by atoms with Gasteiger partial charge in [-0.3, -0.25) is 4.99 Å². The fourth-order valence-electron chi connectivity index (χ4n) is 3.71. The normalized spacial score (nSPS) is 21.5. The van der Waals surface area contributed by atoms with Crippen LogP contribution in [0.3, 0.4) is 0 Å². The summed E-state index contributed by atoms with van der Waals surface area (Å²) in [5.74, 6) is 1.40. The lowest BCUT2D eigenvalue weighted by Gasteiger charge is -2.28. The summed E-state index contributed by atoms with van der Waals surface area (Å²) in [5.41, 5.74) is 4.33. The number of allylic oxidation sites excluding steroid dienone is 1. The van der Waals surface area contributed by atoms with Crippen LogP contribution in [0.2, 0.25) is 5.02 Å². The van der Waals surface area contributed by atoms with Crippen LogP contribution in [0.4, 0.5) is 5.69 Å². The number of benzene rings is 2. The molecule has 0 radical (unpaired) electrons. The van der Waals surface area contributed by atoms with Gasteiger partial charge in [0.15, 0.2) is 6.29 Å². The number of hydrogen-bond donors (Lipinski definition) is 2. The van der Waals surface area contributed by atoms with Gasteiger partial charge in [0, 0.05) is 35.3 Å². The Kier molecular flexibility index (Phi) is 5.24. The van der Waals surface area contributed by atoms with Gasteiger partial charge < -0.3 is 15.4 Å². The van der Waals surface area contributed by atoms with E-state index in [0.717, 1.165) is 39.8 Å². The molecule has 7 heteroatoms. The van der Waals surface area contributed by atoms with Crippen LogP contribution >= 0.6 is 11.6 Å². The van der Waals surface area contributed by atoms with E-state index in [1.54, 1.807) is 26.3 Å². The summed E-state index contributed by atoms with van der Waals surface area (Å²) in [5, 5.41) is 16.6. The highest BCUT2D eigenvalue weighted by atomic mass is 35.5. The summed E-state index contributed by atoms with van der Waals surface area (Å²) in [6.07, 6.45) is 2.58. The van der Waals surface area contributed by atoms with Crippen molar-refractivity contribution in [3.63, 3.8) is 0 Å². The Morgan fingerprint density at radius 2 is 2.14 bits per heavy atom. The summed E-state index contributed by atoms with van der Waals surface area (Å²) < 4.78 is 5.30. The summed E-state index contributed by atoms with van der Waals surface area (Å²) in [4.78, 5) is 9.32. The van der Waals surface area contributed by atoms with Gasteiger partial charge in [0.25, 0.3) is 0 Å². The summed E-state index contributed by atoms with van der Waals surface area (Å²) in [6.45, 7) is 0. The molecule has 0 fully saturated rings. The SMILES string of the molecule is CN=C1NC(Nc2ccc(C#N)c(OC)c2)N=C2C1=CCC2c1ccccc1Cl. The smallest absolute Gasteiger partial charge is 0.195 e. The van der Waals surface area contributed by atoms with E-state index < -0.39 is 6.29 Å². The lowest BCUT2D eigenvalue weighted by Crippen LogP contribution is -2.45. The Morgan fingerprint density at radius 1 is 1.31 bits per heavy atom. The summed E-state index contributed by atoms with van der Waals surface area (Å²) in [6, 6.07) is 15.3. The maximum absolute atomic E-state index is 9.17. The Labute approximate surface area is 174 Å². The first-order valence-electron chi connectivity index (χ1n) is 9.25. The zero-order valence-electron chi connectivity index (χ0n) is 16.1. The fraction of sp³-hybridized carbons (Fsp3) is 0.227. The third-order valence-electron chi connectivity index (χ3n) is 5.09. The van der Waals surface area contributed by atoms with E-state index in [4.69, 9.17) is 21.3 Å². The molecule has 2 aromatic carbocycles. The zero-order valence-corrected chi connectivity index (χ0v) is 16.9. The monoisotopic (exact) mass is 405 g/mol. The first-order valence-corrected chi connectivity index (χ1v) is 9.63. The third-order valence-corrected chi connectivity index (χ3v) is 5.43. The van der Waals surface area contributed by atoms with E-state index in [2.05, 4.69) is 27.8 Å². The second kappa shape index (κ2) is 7.98. The van der Waals surface area contributed by atoms with Crippen LogP contribution < -0.4 is 15.4 Å². The highest BCUT2D eigenvalue weighted by Gasteiger charge is 2.34. The van der Waals surface area contributed by atoms with Crippen molar-refractivity contribution in [3.8, 4) is 11.8 Å². The van der Waals surface area contributed by atoms with Gasteiger partial charge >= 0.3 is 0 Å². The number of fused-ring (bicyclic) bond motifs is 1. The first kappa shape index (κ1) is 19.0. The second-order valence-electron chi connectivity index (χ2n) is 6.73. The molecule has 0 bridgehead atoms. The number of ether oxygens (including phenoxy) is 1. The van der Waals surface area contributed by atoms with Crippen molar-refractivity contribution in [3.05, 3.63) is 70.3 Å². The quantitative estimate of drug-likeness (QED) is 0.802. The lowest BCUT2D eigenvalue weighted by molar-refractivity contribution is 0.413. The minimum atomic E-state index is -0.401. The van der Waals surface area contributed by atoms with Gasteiger partial charge in [0.2, 0.25) is 0 Å². The molecular weight excluding hydrogens is 386 g/mol. The average molecular weight is 406 g/mol. The molecule has 4 rings (SSSR count). The van der Waals surface area contributed by atoms with Gasteiger partial charge in [-0.1, -0.05) is 35.9 Å². The van der Waals surface area contributed by atoms with E-state index in [0.29, 0.717) is 11.3 Å². The molecule has 0 saturated heterocycles. The van der Waals surface area contributed by atoms with E-state index in [-0.39, 0.29) is 5.92 Å². The summed E-state index contributed by atoms with van der Waals surface area (Å²) >= 11 is 6.45. The average Bonchev–Trinajstić information content (AvgIpc) is 3.17. The molecule has 2 unspecified atom stereocenters. The van der Waals surface area contributed by atoms with Crippen LogP contribution in [-0.4, -0.2) is 32.0 Å². The van der Waals surface area contributed by atoms with Crippen LogP contribution in [0, 0.1) is 11.3 Å². The molecule has 1 aliphatic carbocycles. The minimum Gasteiger partial charge on any atom is -0.495 e. The van der Waals surface area contributed by atoms with Crippen LogP contribution in [0.5, 0.6) is 5.75 Å². The number of halogens is 1. The van der Waals surface area contributed by atoms with E-state index >= 15 is 0 Å². The van der Waals surface area contributed by atoms with Crippen molar-refractivity contribution in [2.75, 3.05) is 19.5 Å². The molecule has 29 heavy (non-hydrogen) atoms. The molecular formula is C22H20ClN5O. The molecule has 0 saturated carbocycles. The van der Waals surface area contributed by atoms with Crippen molar-refractivity contribution in [1.82, 2.24) is 5.32 Å². The maximum Gasteiger partial charge on any atom is 0.195 e. The molecule has 6 nitrogen and oxygen atoms in total. The third kappa shape index (κ3) is 3.57. The van der Waals surface area contributed by atoms with E-state index in [9.17, 15) is 5.26 Å². The standard InChI is InChI=1S/C22H20ClN5O/c1-25-21-17-10-9-16(15-5-3-4-6-18(15)23)20(17)27-22(28-21)26-14-8-7-13(12-24)19(11-14)29-2/h3-8,10-11,16,22,26H,9H2,1-2H3,(H,25,28). The van der Waals surface area contributed by atoms with Crippen LogP contribution in [0.25, 0.3) is 0 Å². The van der Waals surface area contributed by atoms with Gasteiger partial charge in [-0.2, -0.15) is 5.26 Å². The molecule has 2 aromatic rings. The first-order chi connectivity index (χ1) is 14.1. The largest absolute Gasteiger partial charge is 0.495 e. The highest BCUT2D eigenvalue weighted by molar-refractivity contribution is 6.33. The number of methoxy groups -OCH3 is 1. The predicted octanol–water partition coefficient (Wildman–Crippen LogP) is 4.10. The molecule has 0 amide bonds. The number of nitrogens with zero attached hydrogens (tertiary/aromatic N) is 3. The number of anilines is 1. The molecule has 0 aromatic heterocycles. The fourth-order valence-corrected chi connectivity index (χ4v) is 3.98. The molecule has 2 atom stereocenters. The van der Waals surface area contributed by atoms with Crippen molar-refractivity contribution in [2.24, 2.45) is 9.98 Å². The van der Waals surface area contributed by atoms with Crippen molar-refractivity contribution >= 4 is 28.8 Å². The molecule has 2 N–H and O–H groups in total. The number of nitrogens with one attached hydrogen (secondary N) is 2. The van der Waals surface area contributed by atoms with Crippen molar-refractivity contribution in [2.45, 2.75) is 18.6 Å². The van der Waals surface area contributed by atoms with Gasteiger partial charge in [0.1, 0.15) is 17.7 Å². The Morgan fingerprint density at radius 3 is 2.86 bits per heavy atom. The molecule has 1 aliphatic heterocycles. The van der Waals surface area contributed by atoms with Gasteiger partial charge in [-0.05, 0) is 30.2 Å². The number of amidine groups is 1. The number of nitriles is 1. The minimum absolute atomic E-state index is 0.0948. The predicted molar refractivity (Wildman–Crippen MR) is 116 cm³/mol. The van der Waals surface area contributed by atoms with Crippen LogP contribution in [0.15, 0.2) is 64.1 Å². The Hall–Kier alpha value is -3.30. The Bertz CT molecular complexity index is 1080. The van der Waals surface area contributed by atoms with Gasteiger partial charge in [0.05, 0.1) is 18.4 Å². The van der Waals surface area contributed by atoms with E-state index in [1.165, 1.54) is 0 Å². The maximum atomic E-state index is 9.17. The molecule has 1 heterocycles. The molecule has 146 valence electrons.